The minimum Gasteiger partial charge on any atom is -0.454 e. The number of hydrogen-bond donors (Lipinski definition) is 9. The first-order valence-corrected chi connectivity index (χ1v) is 26.3. The van der Waals surface area contributed by atoms with Crippen LogP contribution in [-0.4, -0.2) is 74.4 Å². The summed E-state index contributed by atoms with van der Waals surface area (Å²) in [6.45, 7) is 10.8. The fraction of sp³-hybridized carbons (Fsp3) is 0.390. The lowest BCUT2D eigenvalue weighted by atomic mass is 9.49. The minimum absolute atomic E-state index is 0.163. The number of carbonyl (C=O) groups excluding carboxylic acids is 6. The molecule has 4 aromatic carbocycles. The maximum Gasteiger partial charge on any atom is 0.315 e. The molecule has 18 heteroatoms. The number of unbranched alkanes of at least 4 members (excludes halogenated alkanes) is 1. The summed E-state index contributed by atoms with van der Waals surface area (Å²) in [5.41, 5.74) is 11.1. The van der Waals surface area contributed by atoms with E-state index >= 15 is 0 Å². The molecule has 10 rings (SSSR count). The Morgan fingerprint density at radius 2 is 1.29 bits per heavy atom. The first kappa shape index (κ1) is 56.9. The number of furan rings is 1. The summed E-state index contributed by atoms with van der Waals surface area (Å²) >= 11 is 0. The Balaban J connectivity index is 0.000000171. The number of aryl methyl sites for hydroxylation is 1. The Bertz CT molecular complexity index is 2980. The van der Waals surface area contributed by atoms with E-state index in [0.717, 1.165) is 90.1 Å². The standard InChI is InChI=1S/C23H21N3O4.C22H30N2O3.C14H21N3O3/c1-26-18-13-20(16-7-3-2-4-8-16)30-21(18)14-19(26)23(28)24-11-10-15-6-5-9-17(12-15)22(27)25-29;1-2-3-8-24(19-6-4-18(5-7-19)20(25)23-27)21(26)22-12-15-9-16(13-22)11-17(10-15)14-22;1-9(15-13(19)16-14(2,3)4)10-5-7-11(8-6-10)12(18)17-20/h2-9,12-14,29H,10-11H2,1H3,(H,24,28)(H,25,27);4-7,15-17,27H,2-3,8-14H2,1H3,(H,23,25);5-9,20H,1-4H3,(H,17,18)(H2,15,16,19)/t;;9-/m..1/s1/i;24+2;17+1. The largest absolute Gasteiger partial charge is 0.454 e. The van der Waals surface area contributed by atoms with Crippen LogP contribution in [0, 0.1) is 23.2 Å². The molecule has 9 N–H and O–H groups in total. The Labute approximate surface area is 448 Å². The fourth-order valence-electron chi connectivity index (χ4n) is 11.2. The second kappa shape index (κ2) is 25.4. The lowest BCUT2D eigenvalue weighted by molar-refractivity contribution is -0.143. The SMILES string of the molecule is CCCC[16N](C(=O)C12CC3CC(CC(C3)C1)C2)c1ccc(C(=O)NO)cc1.C[C@@H](NC(=O)NC(C)(C)C)c1ccc(C(=O)[15NH]O)cc1.Cn1c(C(=O)NCCc2cccc(C(=O)NO)c2)cc2oc(-c3ccccc3)cc21. The van der Waals surface area contributed by atoms with E-state index in [2.05, 4.69) is 22.9 Å². The van der Waals surface area contributed by atoms with E-state index in [-0.39, 0.29) is 28.9 Å². The number of rotatable bonds is 15. The summed E-state index contributed by atoms with van der Waals surface area (Å²) in [6.07, 6.45) is 9.72. The summed E-state index contributed by atoms with van der Waals surface area (Å²) in [5, 5.41) is 34.6. The maximum absolute atomic E-state index is 13.8. The van der Waals surface area contributed by atoms with Crippen molar-refractivity contribution in [2.24, 2.45) is 30.2 Å². The lowest BCUT2D eigenvalue weighted by Gasteiger charge is -2.56. The Hall–Kier alpha value is -7.80. The second-order valence-corrected chi connectivity index (χ2v) is 21.6. The van der Waals surface area contributed by atoms with Gasteiger partial charge in [-0.1, -0.05) is 67.9 Å². The van der Waals surface area contributed by atoms with Gasteiger partial charge in [0.2, 0.25) is 5.91 Å². The number of anilines is 1. The Morgan fingerprint density at radius 1 is 0.714 bits per heavy atom. The molecular weight excluding hydrogens is 984 g/mol. The molecule has 4 aliphatic rings. The average Bonchev–Trinajstić information content (AvgIpc) is 3.99. The van der Waals surface area contributed by atoms with Crippen LogP contribution in [0.15, 0.2) is 120 Å². The number of carbonyl (C=O) groups is 6. The third kappa shape index (κ3) is 14.4. The van der Waals surface area contributed by atoms with Gasteiger partial charge in [0.25, 0.3) is 23.6 Å². The quantitative estimate of drug-likeness (QED) is 0.0267. The van der Waals surface area contributed by atoms with E-state index in [9.17, 15) is 28.8 Å². The molecule has 0 aliphatic heterocycles. The monoisotopic (exact) mass is 1060 g/mol. The number of aromatic nitrogens is 1. The smallest absolute Gasteiger partial charge is 0.315 e. The van der Waals surface area contributed by atoms with Crippen LogP contribution in [0.25, 0.3) is 22.4 Å². The van der Waals surface area contributed by atoms with Crippen LogP contribution in [0.3, 0.4) is 0 Å². The predicted octanol–water partition coefficient (Wildman–Crippen LogP) is 9.65. The molecule has 4 fully saturated rings. The van der Waals surface area contributed by atoms with Crippen molar-refractivity contribution >= 4 is 52.4 Å². The van der Waals surface area contributed by atoms with Gasteiger partial charge >= 0.3 is 6.03 Å². The van der Waals surface area contributed by atoms with Crippen LogP contribution in [0.1, 0.15) is 145 Å². The third-order valence-electron chi connectivity index (χ3n) is 14.6. The van der Waals surface area contributed by atoms with Gasteiger partial charge in [0.05, 0.1) is 17.0 Å². The van der Waals surface area contributed by atoms with E-state index in [0.29, 0.717) is 46.8 Å². The van der Waals surface area contributed by atoms with Gasteiger partial charge < -0.3 is 29.8 Å². The predicted molar refractivity (Wildman–Crippen MR) is 291 cm³/mol. The van der Waals surface area contributed by atoms with Gasteiger partial charge in [-0.2, -0.15) is 0 Å². The molecule has 0 saturated heterocycles. The highest BCUT2D eigenvalue weighted by Crippen LogP contribution is 2.60. The van der Waals surface area contributed by atoms with Crippen LogP contribution < -0.4 is 37.3 Å². The van der Waals surface area contributed by atoms with E-state index in [1.54, 1.807) is 77.1 Å². The number of urea groups is 1. The van der Waals surface area contributed by atoms with Crippen LogP contribution in [-0.2, 0) is 18.3 Å². The molecule has 7 amide bonds. The molecule has 0 unspecified atom stereocenters. The van der Waals surface area contributed by atoms with Crippen LogP contribution >= 0.6 is 0 Å². The Morgan fingerprint density at radius 3 is 1.83 bits per heavy atom. The van der Waals surface area contributed by atoms with Crippen molar-refractivity contribution < 1.29 is 48.8 Å². The van der Waals surface area contributed by atoms with Crippen LogP contribution in [0.2, 0.25) is 0 Å². The summed E-state index contributed by atoms with van der Waals surface area (Å²) in [5.74, 6) is 1.41. The van der Waals surface area contributed by atoms with Gasteiger partial charge in [-0.3, -0.25) is 39.6 Å². The van der Waals surface area contributed by atoms with Gasteiger partial charge in [0, 0.05) is 65.8 Å². The highest BCUT2D eigenvalue weighted by atomic mass is 16.7. The summed E-state index contributed by atoms with van der Waals surface area (Å²) in [7, 11) is 1.83. The molecular formula is C59H72N8O10. The van der Waals surface area contributed by atoms with Crippen molar-refractivity contribution in [1.82, 2.24) is 37.0 Å². The van der Waals surface area contributed by atoms with Crippen molar-refractivity contribution in [3.05, 3.63) is 149 Å². The minimum atomic E-state index is -0.567. The molecule has 0 radical (unpaired) electrons. The second-order valence-electron chi connectivity index (χ2n) is 21.6. The topological polar surface area (TPSA) is 257 Å². The molecule has 408 valence electrons. The van der Waals surface area contributed by atoms with Crippen molar-refractivity contribution in [3.8, 4) is 11.3 Å². The van der Waals surface area contributed by atoms with Crippen molar-refractivity contribution in [2.45, 2.75) is 104 Å². The number of nitrogens with zero attached hydrogens (tertiary/aromatic N) is 2. The number of hydroxylamine groups is 3. The van der Waals surface area contributed by atoms with Crippen molar-refractivity contribution in [3.63, 3.8) is 0 Å². The van der Waals surface area contributed by atoms with Gasteiger partial charge in [0.1, 0.15) is 11.5 Å². The lowest BCUT2D eigenvalue weighted by Crippen LogP contribution is -2.55. The summed E-state index contributed by atoms with van der Waals surface area (Å²) in [4.78, 5) is 74.4. The molecule has 4 saturated carbocycles. The summed E-state index contributed by atoms with van der Waals surface area (Å²) < 4.78 is 7.74. The summed E-state index contributed by atoms with van der Waals surface area (Å²) in [6, 6.07) is 33.6. The van der Waals surface area contributed by atoms with Crippen LogP contribution in [0.4, 0.5) is 10.5 Å². The highest BCUT2D eigenvalue weighted by molar-refractivity contribution is 6.00. The normalized spacial score (nSPS) is 18.3. The number of amides is 7. The van der Waals surface area contributed by atoms with Crippen molar-refractivity contribution in [1.29, 1.82) is 0 Å². The van der Waals surface area contributed by atoms with E-state index in [1.165, 1.54) is 19.3 Å². The van der Waals surface area contributed by atoms with Crippen LogP contribution in [0.5, 0.6) is 0 Å². The Kier molecular flexibility index (Phi) is 18.7. The molecule has 4 aliphatic carbocycles. The zero-order chi connectivity index (χ0) is 55.4. The molecule has 2 heterocycles. The average molecular weight is 1060 g/mol. The van der Waals surface area contributed by atoms with E-state index in [1.807, 2.05) is 98.8 Å². The molecule has 4 bridgehead atoms. The highest BCUT2D eigenvalue weighted by Gasteiger charge is 2.55. The van der Waals surface area contributed by atoms with Gasteiger partial charge in [-0.05, 0) is 156 Å². The zero-order valence-electron chi connectivity index (χ0n) is 44.7. The first-order valence-electron chi connectivity index (χ1n) is 26.3. The fourth-order valence-corrected chi connectivity index (χ4v) is 11.2. The van der Waals surface area contributed by atoms with Gasteiger partial charge in [-0.15, -0.1) is 0 Å². The third-order valence-corrected chi connectivity index (χ3v) is 14.6. The van der Waals surface area contributed by atoms with E-state index in [4.69, 9.17) is 20.0 Å². The van der Waals surface area contributed by atoms with E-state index < -0.39 is 17.7 Å². The maximum atomic E-state index is 13.8. The molecule has 18 nitrogen and oxygen atoms in total. The number of fused-ring (bicyclic) bond motifs is 1. The molecule has 6 aromatic rings. The first-order chi connectivity index (χ1) is 36.8. The number of nitrogens with one attached hydrogen (secondary N) is 6. The molecule has 0 spiro atoms. The zero-order valence-corrected chi connectivity index (χ0v) is 44.7. The van der Waals surface area contributed by atoms with Gasteiger partial charge in [-0.25, -0.2) is 21.2 Å². The molecule has 77 heavy (non-hydrogen) atoms. The number of hydrogen-bond acceptors (Lipinski definition) is 10. The van der Waals surface area contributed by atoms with Crippen molar-refractivity contribution in [2.75, 3.05) is 18.0 Å². The molecule has 1 atom stereocenters. The van der Waals surface area contributed by atoms with Gasteiger partial charge in [0.15, 0.2) is 5.58 Å². The number of benzene rings is 4. The molecule has 2 aromatic heterocycles.